The summed E-state index contributed by atoms with van der Waals surface area (Å²) in [5, 5.41) is 10.4. The Bertz CT molecular complexity index is 1330. The number of fused-ring (bicyclic) bond motifs is 1. The van der Waals surface area contributed by atoms with Gasteiger partial charge in [-0.2, -0.15) is 5.09 Å². The molecule has 0 amide bonds. The molecule has 1 unspecified atom stereocenters. The number of nitrogens with one attached hydrogen (secondary N) is 1. The van der Waals surface area contributed by atoms with Crippen LogP contribution in [0.4, 0.5) is 4.39 Å². The van der Waals surface area contributed by atoms with Crippen molar-refractivity contribution in [3.05, 3.63) is 48.7 Å². The van der Waals surface area contributed by atoms with Crippen LogP contribution in [-0.2, 0) is 23.4 Å². The van der Waals surface area contributed by atoms with E-state index in [9.17, 15) is 14.5 Å². The molecule has 206 valence electrons. The van der Waals surface area contributed by atoms with E-state index in [1.54, 1.807) is 39.0 Å². The third-order valence-corrected chi connectivity index (χ3v) is 7.56. The average Bonchev–Trinajstić information content (AvgIpc) is 3.35. The van der Waals surface area contributed by atoms with Crippen LogP contribution in [0.5, 0.6) is 5.75 Å². The van der Waals surface area contributed by atoms with Crippen molar-refractivity contribution in [2.75, 3.05) is 6.61 Å². The van der Waals surface area contributed by atoms with Gasteiger partial charge in [0.05, 0.1) is 25.2 Å². The Labute approximate surface area is 223 Å². The number of esters is 1. The van der Waals surface area contributed by atoms with Crippen molar-refractivity contribution in [1.82, 2.24) is 24.6 Å². The molecular weight excluding hydrogens is 544 g/mol. The van der Waals surface area contributed by atoms with Crippen LogP contribution in [0.3, 0.4) is 0 Å². The van der Waals surface area contributed by atoms with Gasteiger partial charge in [0.15, 0.2) is 11.9 Å². The fourth-order valence-electron chi connectivity index (χ4n) is 3.70. The maximum atomic E-state index is 15.6. The molecule has 2 aromatic heterocycles. The first-order valence-corrected chi connectivity index (χ1v) is 13.7. The van der Waals surface area contributed by atoms with Gasteiger partial charge in [0, 0.05) is 0 Å². The SMILES string of the molecule is Cc1ncc2ncn([C@@H]3O[C@H](COP(=O)(N[C@@H](C)C(=O)OC(C)C)Oc4ccccc4)[C@@H](O)[C@]3(F)Cl)c2n1. The molecule has 0 bridgehead atoms. The molecule has 15 heteroatoms. The summed E-state index contributed by atoms with van der Waals surface area (Å²) in [6.07, 6.45) is -2.50. The number of para-hydroxylation sites is 1. The van der Waals surface area contributed by atoms with Crippen LogP contribution in [0, 0.1) is 6.92 Å². The summed E-state index contributed by atoms with van der Waals surface area (Å²) in [5.41, 5.74) is 0.615. The van der Waals surface area contributed by atoms with Crippen molar-refractivity contribution in [3.63, 3.8) is 0 Å². The predicted octanol–water partition coefficient (Wildman–Crippen LogP) is 3.43. The molecule has 2 N–H and O–H groups in total. The molecule has 1 aliphatic rings. The van der Waals surface area contributed by atoms with E-state index >= 15 is 4.39 Å². The maximum absolute atomic E-state index is 15.6. The second kappa shape index (κ2) is 11.2. The van der Waals surface area contributed by atoms with E-state index in [1.807, 2.05) is 0 Å². The lowest BCUT2D eigenvalue weighted by Gasteiger charge is -2.25. The highest BCUT2D eigenvalue weighted by Crippen LogP contribution is 2.49. The first-order chi connectivity index (χ1) is 17.9. The quantitative estimate of drug-likeness (QED) is 0.209. The highest BCUT2D eigenvalue weighted by molar-refractivity contribution is 7.52. The molecule has 4 rings (SSSR count). The van der Waals surface area contributed by atoms with Crippen molar-refractivity contribution in [3.8, 4) is 5.75 Å². The van der Waals surface area contributed by atoms with Crippen molar-refractivity contribution in [2.24, 2.45) is 0 Å². The van der Waals surface area contributed by atoms with Crippen molar-refractivity contribution in [1.29, 1.82) is 0 Å². The van der Waals surface area contributed by atoms with Crippen LogP contribution in [-0.4, -0.2) is 66.7 Å². The van der Waals surface area contributed by atoms with Crippen LogP contribution in [0.25, 0.3) is 11.2 Å². The molecule has 3 aromatic rings. The molecule has 1 saturated heterocycles. The average molecular weight is 572 g/mol. The summed E-state index contributed by atoms with van der Waals surface area (Å²) in [5.74, 6) is -0.104. The number of benzene rings is 1. The van der Waals surface area contributed by atoms with E-state index in [0.29, 0.717) is 11.3 Å². The molecule has 0 radical (unpaired) electrons. The molecule has 1 aromatic carbocycles. The lowest BCUT2D eigenvalue weighted by Crippen LogP contribution is -2.40. The number of ether oxygens (including phenoxy) is 2. The van der Waals surface area contributed by atoms with E-state index < -0.39 is 56.0 Å². The number of aryl methyl sites for hydroxylation is 1. The van der Waals surface area contributed by atoms with E-state index in [4.69, 9.17) is 30.1 Å². The zero-order valence-corrected chi connectivity index (χ0v) is 22.7. The number of rotatable bonds is 10. The van der Waals surface area contributed by atoms with E-state index in [1.165, 1.54) is 36.1 Å². The summed E-state index contributed by atoms with van der Waals surface area (Å²) in [6, 6.07) is 7.00. The molecule has 0 spiro atoms. The zero-order chi connectivity index (χ0) is 27.7. The predicted molar refractivity (Wildman–Crippen MR) is 134 cm³/mol. The van der Waals surface area contributed by atoms with Crippen LogP contribution < -0.4 is 9.61 Å². The second-order valence-electron chi connectivity index (χ2n) is 8.96. The molecule has 0 saturated carbocycles. The topological polar surface area (TPSA) is 147 Å². The molecule has 12 nitrogen and oxygen atoms in total. The number of aliphatic hydroxyl groups excluding tert-OH is 1. The van der Waals surface area contributed by atoms with Crippen molar-refractivity contribution in [2.45, 2.75) is 63.4 Å². The first-order valence-electron chi connectivity index (χ1n) is 11.7. The fraction of sp³-hybridized carbons (Fsp3) is 0.478. The third-order valence-electron chi connectivity index (χ3n) is 5.50. The lowest BCUT2D eigenvalue weighted by molar-refractivity contribution is -0.149. The number of carbonyl (C=O) groups excluding carboxylic acids is 1. The highest BCUT2D eigenvalue weighted by atomic mass is 35.5. The Morgan fingerprint density at radius 1 is 1.32 bits per heavy atom. The minimum atomic E-state index is -4.29. The molecule has 6 atom stereocenters. The Morgan fingerprint density at radius 3 is 2.71 bits per heavy atom. The smallest absolute Gasteiger partial charge is 0.459 e. The standard InChI is InChI=1S/C23H28ClFN5O7P/c1-13(2)35-21(32)14(3)29-38(33,37-16-8-6-5-7-9-16)34-11-18-19(31)23(24,25)22(36-18)30-12-27-17-10-26-15(4)28-20(17)30/h5-10,12-14,18-19,22,31H,11H2,1-4H3,(H,29,33)/t14-,18+,19+,22+,23+,38?/m0/s1. The number of hydrogen-bond acceptors (Lipinski definition) is 10. The van der Waals surface area contributed by atoms with Gasteiger partial charge in [0.25, 0.3) is 5.13 Å². The number of carbonyl (C=O) groups is 1. The highest BCUT2D eigenvalue weighted by Gasteiger charge is 2.58. The summed E-state index contributed by atoms with van der Waals surface area (Å²) < 4.78 is 52.4. The summed E-state index contributed by atoms with van der Waals surface area (Å²) in [6.45, 7) is 5.80. The van der Waals surface area contributed by atoms with Crippen molar-refractivity contribution >= 4 is 36.5 Å². The van der Waals surface area contributed by atoms with Gasteiger partial charge in [-0.1, -0.05) is 29.8 Å². The maximum Gasteiger partial charge on any atom is 0.459 e. The van der Waals surface area contributed by atoms with Gasteiger partial charge in [-0.15, -0.1) is 0 Å². The fourth-order valence-corrected chi connectivity index (χ4v) is 5.49. The number of halogens is 2. The molecule has 1 aliphatic heterocycles. The molecule has 1 fully saturated rings. The second-order valence-corrected chi connectivity index (χ2v) is 11.2. The first kappa shape index (κ1) is 28.3. The number of imidazole rings is 1. The number of aromatic nitrogens is 4. The number of hydrogen-bond donors (Lipinski definition) is 2. The van der Waals surface area contributed by atoms with Crippen LogP contribution in [0.2, 0.25) is 0 Å². The minimum Gasteiger partial charge on any atom is -0.462 e. The Hall–Kier alpha value is -2.67. The number of alkyl halides is 2. The van der Waals surface area contributed by atoms with E-state index in [0.717, 1.165) is 0 Å². The van der Waals surface area contributed by atoms with Gasteiger partial charge < -0.3 is 19.1 Å². The lowest BCUT2D eigenvalue weighted by atomic mass is 10.1. The van der Waals surface area contributed by atoms with Crippen LogP contribution in [0.15, 0.2) is 42.9 Å². The zero-order valence-electron chi connectivity index (χ0n) is 21.0. The summed E-state index contributed by atoms with van der Waals surface area (Å²) in [7, 11) is -4.29. The number of nitrogens with zero attached hydrogens (tertiary/aromatic N) is 4. The van der Waals surface area contributed by atoms with Gasteiger partial charge in [-0.05, 0) is 39.8 Å². The van der Waals surface area contributed by atoms with Gasteiger partial charge in [-0.3, -0.25) is 13.9 Å². The van der Waals surface area contributed by atoms with Crippen LogP contribution >= 0.6 is 19.3 Å². The molecule has 3 heterocycles. The largest absolute Gasteiger partial charge is 0.462 e. The minimum absolute atomic E-state index is 0.177. The van der Waals surface area contributed by atoms with Crippen molar-refractivity contribution < 1.29 is 37.4 Å². The van der Waals surface area contributed by atoms with Gasteiger partial charge in [-0.25, -0.2) is 23.9 Å². The molecule has 0 aliphatic carbocycles. The Balaban J connectivity index is 1.54. The Kier molecular flexibility index (Phi) is 8.36. The molecular formula is C23H28ClFN5O7P. The molecule has 38 heavy (non-hydrogen) atoms. The summed E-state index contributed by atoms with van der Waals surface area (Å²) >= 11 is 6.10. The Morgan fingerprint density at radius 2 is 2.03 bits per heavy atom. The normalized spacial score (nSPS) is 25.8. The van der Waals surface area contributed by atoms with E-state index in [2.05, 4.69) is 20.0 Å². The summed E-state index contributed by atoms with van der Waals surface area (Å²) in [4.78, 5) is 24.7. The van der Waals surface area contributed by atoms with Crippen LogP contribution in [0.1, 0.15) is 32.8 Å². The van der Waals surface area contributed by atoms with E-state index in [-0.39, 0.29) is 11.4 Å². The monoisotopic (exact) mass is 571 g/mol. The van der Waals surface area contributed by atoms with Gasteiger partial charge in [0.1, 0.15) is 35.3 Å². The number of aliphatic hydroxyl groups is 1. The van der Waals surface area contributed by atoms with Gasteiger partial charge in [0.2, 0.25) is 0 Å². The van der Waals surface area contributed by atoms with Gasteiger partial charge >= 0.3 is 13.7 Å². The third kappa shape index (κ3) is 6.14.